The Labute approximate surface area is 109 Å². The van der Waals surface area contributed by atoms with Gasteiger partial charge < -0.3 is 9.72 Å². The van der Waals surface area contributed by atoms with Crippen molar-refractivity contribution in [3.8, 4) is 5.75 Å². The van der Waals surface area contributed by atoms with Crippen molar-refractivity contribution in [2.45, 2.75) is 13.8 Å². The highest BCUT2D eigenvalue weighted by molar-refractivity contribution is 5.98. The molecule has 0 spiro atoms. The molecule has 1 heterocycles. The summed E-state index contributed by atoms with van der Waals surface area (Å²) in [4.78, 5) is 14.9. The van der Waals surface area contributed by atoms with Gasteiger partial charge in [-0.15, -0.1) is 0 Å². The van der Waals surface area contributed by atoms with Gasteiger partial charge in [-0.25, -0.2) is 8.78 Å². The SMILES string of the molecule is Cc1cc(C(=O)COc2ccc(F)cc2F)c(C)[nH]1. The van der Waals surface area contributed by atoms with Crippen molar-refractivity contribution in [3.05, 3.63) is 52.9 Å². The summed E-state index contributed by atoms with van der Waals surface area (Å²) in [5, 5.41) is 0. The number of carbonyl (C=O) groups is 1. The maximum absolute atomic E-state index is 13.3. The van der Waals surface area contributed by atoms with Gasteiger partial charge in [-0.05, 0) is 32.0 Å². The summed E-state index contributed by atoms with van der Waals surface area (Å²) in [5.41, 5.74) is 2.12. The minimum atomic E-state index is -0.824. The summed E-state index contributed by atoms with van der Waals surface area (Å²) in [7, 11) is 0. The number of nitrogens with one attached hydrogen (secondary N) is 1. The molecule has 1 aromatic heterocycles. The molecule has 0 atom stereocenters. The van der Waals surface area contributed by atoms with Gasteiger partial charge in [-0.3, -0.25) is 4.79 Å². The molecule has 0 unspecified atom stereocenters. The lowest BCUT2D eigenvalue weighted by atomic mass is 10.1. The van der Waals surface area contributed by atoms with Crippen LogP contribution in [0.1, 0.15) is 21.7 Å². The molecule has 0 bridgehead atoms. The first-order valence-electron chi connectivity index (χ1n) is 5.74. The third-order valence-electron chi connectivity index (χ3n) is 2.70. The highest BCUT2D eigenvalue weighted by atomic mass is 19.1. The zero-order valence-corrected chi connectivity index (χ0v) is 10.6. The Bertz CT molecular complexity index is 620. The van der Waals surface area contributed by atoms with Crippen molar-refractivity contribution in [1.29, 1.82) is 0 Å². The van der Waals surface area contributed by atoms with Crippen LogP contribution in [0.4, 0.5) is 8.78 Å². The van der Waals surface area contributed by atoms with Crippen LogP contribution in [0.2, 0.25) is 0 Å². The molecule has 0 aliphatic heterocycles. The van der Waals surface area contributed by atoms with Crippen molar-refractivity contribution >= 4 is 5.78 Å². The highest BCUT2D eigenvalue weighted by Gasteiger charge is 2.13. The van der Waals surface area contributed by atoms with Gasteiger partial charge >= 0.3 is 0 Å². The predicted molar refractivity (Wildman–Crippen MR) is 66.5 cm³/mol. The zero-order chi connectivity index (χ0) is 14.0. The van der Waals surface area contributed by atoms with E-state index in [1.165, 1.54) is 0 Å². The first kappa shape index (κ1) is 13.3. The van der Waals surface area contributed by atoms with Crippen LogP contribution in [0.3, 0.4) is 0 Å². The first-order valence-corrected chi connectivity index (χ1v) is 5.74. The summed E-state index contributed by atoms with van der Waals surface area (Å²) in [6, 6.07) is 4.66. The van der Waals surface area contributed by atoms with Crippen LogP contribution < -0.4 is 4.74 Å². The van der Waals surface area contributed by atoms with Gasteiger partial charge in [0.2, 0.25) is 5.78 Å². The second-order valence-corrected chi connectivity index (χ2v) is 4.28. The second-order valence-electron chi connectivity index (χ2n) is 4.28. The molecule has 0 saturated heterocycles. The average molecular weight is 265 g/mol. The highest BCUT2D eigenvalue weighted by Crippen LogP contribution is 2.18. The molecule has 0 radical (unpaired) electrons. The molecule has 2 aromatic rings. The average Bonchev–Trinajstić information content (AvgIpc) is 2.67. The molecule has 2 rings (SSSR count). The van der Waals surface area contributed by atoms with E-state index in [-0.39, 0.29) is 18.1 Å². The fourth-order valence-electron chi connectivity index (χ4n) is 1.83. The van der Waals surface area contributed by atoms with E-state index in [1.807, 2.05) is 6.92 Å². The van der Waals surface area contributed by atoms with Crippen LogP contribution in [0.25, 0.3) is 0 Å². The van der Waals surface area contributed by atoms with E-state index in [0.29, 0.717) is 11.6 Å². The number of H-pyrrole nitrogens is 1. The lowest BCUT2D eigenvalue weighted by Crippen LogP contribution is -2.12. The number of aromatic amines is 1. The number of halogens is 2. The van der Waals surface area contributed by atoms with E-state index in [1.54, 1.807) is 13.0 Å². The first-order chi connectivity index (χ1) is 8.97. The van der Waals surface area contributed by atoms with Crippen LogP contribution in [0.15, 0.2) is 24.3 Å². The minimum absolute atomic E-state index is 0.139. The molecule has 0 saturated carbocycles. The van der Waals surface area contributed by atoms with Crippen molar-refractivity contribution in [2.75, 3.05) is 6.61 Å². The number of rotatable bonds is 4. The molecular formula is C14H13F2NO2. The van der Waals surface area contributed by atoms with Gasteiger partial charge in [-0.1, -0.05) is 0 Å². The molecular weight excluding hydrogens is 252 g/mol. The van der Waals surface area contributed by atoms with Gasteiger partial charge in [0.1, 0.15) is 5.82 Å². The molecule has 1 N–H and O–H groups in total. The summed E-state index contributed by atoms with van der Waals surface area (Å²) in [5.74, 6) is -1.91. The quantitative estimate of drug-likeness (QED) is 0.863. The third-order valence-corrected chi connectivity index (χ3v) is 2.70. The second kappa shape index (κ2) is 5.22. The molecule has 1 aromatic carbocycles. The largest absolute Gasteiger partial charge is 0.482 e. The summed E-state index contributed by atoms with van der Waals surface area (Å²) in [6.45, 7) is 3.32. The lowest BCUT2D eigenvalue weighted by molar-refractivity contribution is 0.0918. The molecule has 0 amide bonds. The van der Waals surface area contributed by atoms with Crippen molar-refractivity contribution in [3.63, 3.8) is 0 Å². The Kier molecular flexibility index (Phi) is 3.64. The number of Topliss-reactive ketones (excluding diaryl/α,β-unsaturated/α-hetero) is 1. The van der Waals surface area contributed by atoms with E-state index < -0.39 is 11.6 Å². The Hall–Kier alpha value is -2.17. The van der Waals surface area contributed by atoms with Crippen molar-refractivity contribution < 1.29 is 18.3 Å². The summed E-state index contributed by atoms with van der Waals surface area (Å²) < 4.78 is 31.1. The van der Waals surface area contributed by atoms with Gasteiger partial charge in [0.25, 0.3) is 0 Å². The molecule has 100 valence electrons. The molecule has 3 nitrogen and oxygen atoms in total. The minimum Gasteiger partial charge on any atom is -0.482 e. The number of aryl methyl sites for hydroxylation is 2. The van der Waals surface area contributed by atoms with Gasteiger partial charge in [0, 0.05) is 23.0 Å². The van der Waals surface area contributed by atoms with E-state index in [4.69, 9.17) is 4.74 Å². The number of hydrogen-bond acceptors (Lipinski definition) is 2. The summed E-state index contributed by atoms with van der Waals surface area (Å²) >= 11 is 0. The molecule has 19 heavy (non-hydrogen) atoms. The van der Waals surface area contributed by atoms with Crippen molar-refractivity contribution in [1.82, 2.24) is 4.98 Å². The van der Waals surface area contributed by atoms with Crippen LogP contribution in [0.5, 0.6) is 5.75 Å². The van der Waals surface area contributed by atoms with Gasteiger partial charge in [0.15, 0.2) is 18.2 Å². The number of hydrogen-bond donors (Lipinski definition) is 1. The van der Waals surface area contributed by atoms with Crippen LogP contribution >= 0.6 is 0 Å². The van der Waals surface area contributed by atoms with E-state index >= 15 is 0 Å². The normalized spacial score (nSPS) is 10.5. The fraction of sp³-hybridized carbons (Fsp3) is 0.214. The molecule has 5 heteroatoms. The van der Waals surface area contributed by atoms with Crippen molar-refractivity contribution in [2.24, 2.45) is 0 Å². The van der Waals surface area contributed by atoms with Crippen LogP contribution in [-0.4, -0.2) is 17.4 Å². The smallest absolute Gasteiger partial charge is 0.202 e. The Morgan fingerprint density at radius 3 is 2.58 bits per heavy atom. The molecule has 0 fully saturated rings. The van der Waals surface area contributed by atoms with E-state index in [0.717, 1.165) is 23.5 Å². The maximum atomic E-state index is 13.3. The van der Waals surface area contributed by atoms with Gasteiger partial charge in [-0.2, -0.15) is 0 Å². The summed E-state index contributed by atoms with van der Waals surface area (Å²) in [6.07, 6.45) is 0. The molecule has 0 aliphatic carbocycles. The number of aromatic nitrogens is 1. The zero-order valence-electron chi connectivity index (χ0n) is 10.6. The fourth-order valence-corrected chi connectivity index (χ4v) is 1.83. The Morgan fingerprint density at radius 2 is 2.00 bits per heavy atom. The number of ether oxygens (including phenoxy) is 1. The Morgan fingerprint density at radius 1 is 1.26 bits per heavy atom. The van der Waals surface area contributed by atoms with E-state index in [2.05, 4.69) is 4.98 Å². The van der Waals surface area contributed by atoms with E-state index in [9.17, 15) is 13.6 Å². The number of ketones is 1. The predicted octanol–water partition coefficient (Wildman–Crippen LogP) is 3.17. The lowest BCUT2D eigenvalue weighted by Gasteiger charge is -2.06. The maximum Gasteiger partial charge on any atom is 0.202 e. The Balaban J connectivity index is 2.06. The molecule has 0 aliphatic rings. The topological polar surface area (TPSA) is 42.1 Å². The van der Waals surface area contributed by atoms with Crippen LogP contribution in [0, 0.1) is 25.5 Å². The van der Waals surface area contributed by atoms with Gasteiger partial charge in [0.05, 0.1) is 0 Å². The third kappa shape index (κ3) is 2.99. The standard InChI is InChI=1S/C14H13F2NO2/c1-8-5-11(9(2)17-8)13(18)7-19-14-4-3-10(15)6-12(14)16/h3-6,17H,7H2,1-2H3. The number of benzene rings is 1. The monoisotopic (exact) mass is 265 g/mol. The number of carbonyl (C=O) groups excluding carboxylic acids is 1. The van der Waals surface area contributed by atoms with Crippen LogP contribution in [-0.2, 0) is 0 Å².